The fourth-order valence-corrected chi connectivity index (χ4v) is 3.08. The fourth-order valence-electron chi connectivity index (χ4n) is 1.54. The van der Waals surface area contributed by atoms with Crippen molar-refractivity contribution >= 4 is 28.6 Å². The molecule has 3 N–H and O–H groups in total. The zero-order valence-corrected chi connectivity index (χ0v) is 12.9. The minimum absolute atomic E-state index is 0.137. The van der Waals surface area contributed by atoms with E-state index < -0.39 is 22.3 Å². The zero-order chi connectivity index (χ0) is 16.0. The zero-order valence-electron chi connectivity index (χ0n) is 11.3. The maximum atomic E-state index is 10.6. The Hall–Kier alpha value is -1.71. The number of benzene rings is 2. The average molecular weight is 342 g/mol. The van der Waals surface area contributed by atoms with E-state index in [0.29, 0.717) is 5.75 Å². The lowest BCUT2D eigenvalue weighted by Crippen LogP contribution is -2.12. The largest absolute Gasteiger partial charge is 0.480 e. The lowest BCUT2D eigenvalue weighted by atomic mass is 10.3. The van der Waals surface area contributed by atoms with Crippen molar-refractivity contribution in [3.63, 3.8) is 0 Å². The van der Waals surface area contributed by atoms with E-state index in [4.69, 9.17) is 14.3 Å². The first-order valence-corrected chi connectivity index (χ1v) is 8.57. The number of hydrogen-bond donors (Lipinski definition) is 3. The SMILES string of the molecule is O=C(O)CS(O)(O)c1ccc(OOSc2ccccc2)cc1. The van der Waals surface area contributed by atoms with Crippen LogP contribution in [0.25, 0.3) is 0 Å². The summed E-state index contributed by atoms with van der Waals surface area (Å²) in [5.74, 6) is -1.64. The first-order valence-electron chi connectivity index (χ1n) is 6.11. The van der Waals surface area contributed by atoms with E-state index in [-0.39, 0.29) is 4.90 Å². The molecule has 2 aromatic carbocycles. The summed E-state index contributed by atoms with van der Waals surface area (Å²) in [5, 5.41) is 8.64. The molecule has 0 aliphatic rings. The number of carboxylic acids is 1. The molecule has 0 aromatic heterocycles. The van der Waals surface area contributed by atoms with Crippen molar-refractivity contribution in [3.8, 4) is 5.75 Å². The van der Waals surface area contributed by atoms with Gasteiger partial charge in [0.25, 0.3) is 0 Å². The first kappa shape index (κ1) is 16.7. The van der Waals surface area contributed by atoms with Crippen LogP contribution in [-0.4, -0.2) is 25.9 Å². The van der Waals surface area contributed by atoms with E-state index in [1.165, 1.54) is 24.3 Å². The highest BCUT2D eigenvalue weighted by Gasteiger charge is 2.19. The molecule has 0 saturated carbocycles. The topological polar surface area (TPSA) is 96.2 Å². The Bertz CT molecular complexity index is 615. The second-order valence-electron chi connectivity index (χ2n) is 4.22. The van der Waals surface area contributed by atoms with Crippen molar-refractivity contribution in [2.24, 2.45) is 0 Å². The molecule has 0 atom stereocenters. The predicted octanol–water partition coefficient (Wildman–Crippen LogP) is 3.90. The third-order valence-corrected chi connectivity index (χ3v) is 4.81. The molecule has 8 heteroatoms. The third-order valence-electron chi connectivity index (χ3n) is 2.53. The Morgan fingerprint density at radius 1 is 1.05 bits per heavy atom. The van der Waals surface area contributed by atoms with Gasteiger partial charge in [-0.1, -0.05) is 18.2 Å². The van der Waals surface area contributed by atoms with Gasteiger partial charge < -0.3 is 9.99 Å². The first-order chi connectivity index (χ1) is 10.5. The Kier molecular flexibility index (Phi) is 5.69. The summed E-state index contributed by atoms with van der Waals surface area (Å²) in [7, 11) is -3.34. The second-order valence-corrected chi connectivity index (χ2v) is 7.09. The van der Waals surface area contributed by atoms with Gasteiger partial charge >= 0.3 is 5.97 Å². The van der Waals surface area contributed by atoms with Crippen molar-refractivity contribution in [1.29, 1.82) is 0 Å². The highest BCUT2D eigenvalue weighted by Crippen LogP contribution is 2.47. The number of carbonyl (C=O) groups is 1. The molecule has 0 fully saturated rings. The van der Waals surface area contributed by atoms with Crippen LogP contribution in [-0.2, 0) is 9.13 Å². The van der Waals surface area contributed by atoms with E-state index in [9.17, 15) is 13.9 Å². The van der Waals surface area contributed by atoms with Gasteiger partial charge in [0.05, 0.1) is 16.9 Å². The van der Waals surface area contributed by atoms with Gasteiger partial charge in [-0.25, -0.2) is 0 Å². The molecule has 0 spiro atoms. The molecule has 22 heavy (non-hydrogen) atoms. The van der Waals surface area contributed by atoms with E-state index in [1.54, 1.807) is 0 Å². The molecule has 0 aliphatic carbocycles. The van der Waals surface area contributed by atoms with Gasteiger partial charge in [0, 0.05) is 4.90 Å². The lowest BCUT2D eigenvalue weighted by molar-refractivity contribution is -0.134. The normalized spacial score (nSPS) is 11.9. The van der Waals surface area contributed by atoms with Gasteiger partial charge in [0.1, 0.15) is 5.75 Å². The summed E-state index contributed by atoms with van der Waals surface area (Å²) >= 11 is 1.04. The van der Waals surface area contributed by atoms with Crippen molar-refractivity contribution < 1.29 is 28.2 Å². The Morgan fingerprint density at radius 2 is 1.68 bits per heavy atom. The van der Waals surface area contributed by atoms with Crippen LogP contribution in [0, 0.1) is 0 Å². The van der Waals surface area contributed by atoms with Crippen LogP contribution in [0.2, 0.25) is 0 Å². The number of aliphatic carboxylic acids is 1. The van der Waals surface area contributed by atoms with Crippen molar-refractivity contribution in [2.75, 3.05) is 5.75 Å². The van der Waals surface area contributed by atoms with Crippen LogP contribution >= 0.6 is 22.6 Å². The van der Waals surface area contributed by atoms with Gasteiger partial charge in [0.15, 0.2) is 5.75 Å². The van der Waals surface area contributed by atoms with Crippen LogP contribution in [0.5, 0.6) is 5.75 Å². The molecule has 2 rings (SSSR count). The van der Waals surface area contributed by atoms with Crippen LogP contribution in [0.15, 0.2) is 64.4 Å². The van der Waals surface area contributed by atoms with E-state index in [2.05, 4.69) is 0 Å². The molecular formula is C14H14O6S2. The lowest BCUT2D eigenvalue weighted by Gasteiger charge is -2.30. The summed E-state index contributed by atoms with van der Waals surface area (Å²) < 4.78 is 24.5. The van der Waals surface area contributed by atoms with Crippen LogP contribution in [0.4, 0.5) is 0 Å². The van der Waals surface area contributed by atoms with Gasteiger partial charge in [-0.3, -0.25) is 13.9 Å². The molecule has 0 bridgehead atoms. The van der Waals surface area contributed by atoms with Gasteiger partial charge in [-0.15, -0.1) is 4.33 Å². The third kappa shape index (κ3) is 4.93. The van der Waals surface area contributed by atoms with Crippen LogP contribution < -0.4 is 4.89 Å². The Morgan fingerprint density at radius 3 is 2.27 bits per heavy atom. The summed E-state index contributed by atoms with van der Waals surface area (Å²) in [6.07, 6.45) is 0. The maximum Gasteiger partial charge on any atom is 0.323 e. The molecule has 6 nitrogen and oxygen atoms in total. The summed E-state index contributed by atoms with van der Waals surface area (Å²) in [5.41, 5.74) is 0. The summed E-state index contributed by atoms with van der Waals surface area (Å²) in [6, 6.07) is 15.1. The molecule has 0 saturated heterocycles. The van der Waals surface area contributed by atoms with Crippen molar-refractivity contribution in [1.82, 2.24) is 0 Å². The molecule has 2 aromatic rings. The second kappa shape index (κ2) is 7.52. The van der Waals surface area contributed by atoms with E-state index >= 15 is 0 Å². The average Bonchev–Trinajstić information content (AvgIpc) is 2.47. The van der Waals surface area contributed by atoms with Crippen LogP contribution in [0.1, 0.15) is 0 Å². The number of hydrogen-bond acceptors (Lipinski definition) is 6. The summed E-state index contributed by atoms with van der Waals surface area (Å²) in [4.78, 5) is 16.6. The smallest absolute Gasteiger partial charge is 0.323 e. The fraction of sp³-hybridized carbons (Fsp3) is 0.0714. The maximum absolute atomic E-state index is 10.6. The van der Waals surface area contributed by atoms with Crippen molar-refractivity contribution in [2.45, 2.75) is 9.79 Å². The van der Waals surface area contributed by atoms with Gasteiger partial charge in [-0.2, -0.15) is 10.6 Å². The molecule has 0 aliphatic heterocycles. The number of rotatable bonds is 7. The molecule has 0 amide bonds. The highest BCUT2D eigenvalue weighted by atomic mass is 32.3. The minimum atomic E-state index is -3.34. The highest BCUT2D eigenvalue weighted by molar-refractivity contribution is 8.24. The predicted molar refractivity (Wildman–Crippen MR) is 84.1 cm³/mol. The monoisotopic (exact) mass is 342 g/mol. The van der Waals surface area contributed by atoms with E-state index in [0.717, 1.165) is 16.9 Å². The quantitative estimate of drug-likeness (QED) is 0.399. The molecular weight excluding hydrogens is 328 g/mol. The summed E-state index contributed by atoms with van der Waals surface area (Å²) in [6.45, 7) is 0. The van der Waals surface area contributed by atoms with E-state index in [1.807, 2.05) is 30.3 Å². The van der Waals surface area contributed by atoms with Gasteiger partial charge in [-0.05, 0) is 36.4 Å². The minimum Gasteiger partial charge on any atom is -0.480 e. The molecule has 0 radical (unpaired) electrons. The Labute approximate surface area is 133 Å². The molecule has 0 unspecified atom stereocenters. The Balaban J connectivity index is 1.90. The van der Waals surface area contributed by atoms with Crippen molar-refractivity contribution in [3.05, 3.63) is 54.6 Å². The molecule has 118 valence electrons. The standard InChI is InChI=1S/C14H14O6S2/c15-14(16)10-22(17,18)13-8-6-11(7-9-13)19-20-21-12-4-2-1-3-5-12/h1-9,17-18H,10H2,(H,15,16). The van der Waals surface area contributed by atoms with Crippen LogP contribution in [0.3, 0.4) is 0 Å². The number of carboxylic acid groups (broad SMARTS) is 1. The molecule has 0 heterocycles. The van der Waals surface area contributed by atoms with Gasteiger partial charge in [0.2, 0.25) is 0 Å².